The smallest absolute Gasteiger partial charge is 0.271 e. The molecule has 1 atom stereocenters. The second-order valence-corrected chi connectivity index (χ2v) is 20.2. The number of hydrogen-bond donors (Lipinski definition) is 2. The Labute approximate surface area is 349 Å². The zero-order valence-corrected chi connectivity index (χ0v) is 35.1. The van der Waals surface area contributed by atoms with Crippen molar-refractivity contribution >= 4 is 61.6 Å². The zero-order chi connectivity index (χ0) is 40.9. The first-order valence-corrected chi connectivity index (χ1v) is 23.1. The minimum Gasteiger partial charge on any atom is -0.481 e. The van der Waals surface area contributed by atoms with Crippen LogP contribution in [0, 0.1) is 18.3 Å². The molecule has 2 aromatic carbocycles. The van der Waals surface area contributed by atoms with Gasteiger partial charge in [0.25, 0.3) is 11.5 Å². The van der Waals surface area contributed by atoms with Crippen molar-refractivity contribution in [2.45, 2.75) is 106 Å². The fraction of sp³-hybridized carbons (Fsp3) is 0.523. The van der Waals surface area contributed by atoms with E-state index in [1.807, 2.05) is 31.2 Å². The number of benzene rings is 2. The fourth-order valence-corrected chi connectivity index (χ4v) is 12.4. The minimum atomic E-state index is -3.48. The highest BCUT2D eigenvalue weighted by Gasteiger charge is 2.51. The van der Waals surface area contributed by atoms with E-state index in [1.165, 1.54) is 0 Å². The van der Waals surface area contributed by atoms with Crippen LogP contribution in [0.15, 0.2) is 64.4 Å². The van der Waals surface area contributed by atoms with Gasteiger partial charge in [-0.25, -0.2) is 13.4 Å². The highest BCUT2D eigenvalue weighted by molar-refractivity contribution is 7.92. The number of rotatable bonds is 10. The van der Waals surface area contributed by atoms with Crippen molar-refractivity contribution in [3.8, 4) is 5.75 Å². The summed E-state index contributed by atoms with van der Waals surface area (Å²) in [6.45, 7) is 6.98. The van der Waals surface area contributed by atoms with E-state index in [9.17, 15) is 22.8 Å². The maximum absolute atomic E-state index is 13.9. The van der Waals surface area contributed by atoms with Gasteiger partial charge >= 0.3 is 0 Å². The Kier molecular flexibility index (Phi) is 10.9. The van der Waals surface area contributed by atoms with Crippen molar-refractivity contribution in [2.75, 3.05) is 42.9 Å². The van der Waals surface area contributed by atoms with Crippen LogP contribution >= 0.6 is 11.6 Å². The van der Waals surface area contributed by atoms with E-state index >= 15 is 0 Å². The molecule has 2 aliphatic carbocycles. The van der Waals surface area contributed by atoms with Crippen LogP contribution in [0.3, 0.4) is 0 Å². The molecule has 0 radical (unpaired) electrons. The molecule has 13 nitrogen and oxygen atoms in total. The molecule has 2 aromatic heterocycles. The Hall–Kier alpha value is -4.53. The van der Waals surface area contributed by atoms with Gasteiger partial charge in [-0.2, -0.15) is 4.98 Å². The number of ether oxygens (including phenoxy) is 1. The predicted molar refractivity (Wildman–Crippen MR) is 227 cm³/mol. The van der Waals surface area contributed by atoms with Gasteiger partial charge in [0, 0.05) is 61.5 Å². The molecule has 1 spiro atoms. The summed E-state index contributed by atoms with van der Waals surface area (Å²) in [5, 5.41) is 6.10. The van der Waals surface area contributed by atoms with E-state index in [0.29, 0.717) is 52.1 Å². The first kappa shape index (κ1) is 39.9. The molecule has 5 heterocycles. The average molecular weight is 842 g/mol. The Morgan fingerprint density at radius 1 is 0.932 bits per heavy atom. The van der Waals surface area contributed by atoms with Crippen LogP contribution in [0.25, 0.3) is 11.0 Å². The molecule has 9 rings (SSSR count). The van der Waals surface area contributed by atoms with E-state index in [0.717, 1.165) is 108 Å². The quantitative estimate of drug-likeness (QED) is 0.163. The van der Waals surface area contributed by atoms with Gasteiger partial charge in [0.1, 0.15) is 16.4 Å². The van der Waals surface area contributed by atoms with Gasteiger partial charge in [-0.3, -0.25) is 24.3 Å². The summed E-state index contributed by atoms with van der Waals surface area (Å²) >= 11 is 6.30. The molecule has 1 unspecified atom stereocenters. The standard InChI is InChI=1S/C44H52ClN7O6S/c1-28-22-34(10-11-37(28)47-43-46-26-30-23-36(45)42(55)52(40(30)49-43)32-4-2-3-5-32)59(56,57)35-24-44(25-35)16-20-50(21-17-44)27-29-14-18-51(19-15-29)31-6-8-33(9-7-31)58-38-12-13-39(53)48-41(38)54/h6-11,22-23,26,29,32,35,38H,2-5,12-21,24-25,27H2,1H3,(H,46,47,49)(H,48,53,54). The first-order chi connectivity index (χ1) is 28.4. The number of likely N-dealkylation sites (tertiary alicyclic amines) is 1. The molecule has 4 aromatic rings. The van der Waals surface area contributed by atoms with E-state index in [-0.39, 0.29) is 39.1 Å². The first-order valence-electron chi connectivity index (χ1n) is 21.2. The summed E-state index contributed by atoms with van der Waals surface area (Å²) in [4.78, 5) is 51.1. The van der Waals surface area contributed by atoms with Crippen LogP contribution in [-0.4, -0.2) is 83.7 Å². The lowest BCUT2D eigenvalue weighted by Gasteiger charge is -2.52. The van der Waals surface area contributed by atoms with Gasteiger partial charge in [0.2, 0.25) is 11.9 Å². The monoisotopic (exact) mass is 841 g/mol. The maximum atomic E-state index is 13.9. The molecule has 59 heavy (non-hydrogen) atoms. The van der Waals surface area contributed by atoms with Crippen molar-refractivity contribution in [2.24, 2.45) is 11.3 Å². The Bertz CT molecular complexity index is 2410. The maximum Gasteiger partial charge on any atom is 0.271 e. The number of pyridine rings is 1. The third kappa shape index (κ3) is 8.20. The summed E-state index contributed by atoms with van der Waals surface area (Å²) in [6.07, 6.45) is 11.4. The van der Waals surface area contributed by atoms with Gasteiger partial charge in [-0.05, 0) is 137 Å². The molecule has 0 bridgehead atoms. The molecule has 3 saturated heterocycles. The number of hydrogen-bond acceptors (Lipinski definition) is 11. The molecule has 312 valence electrons. The summed E-state index contributed by atoms with van der Waals surface area (Å²) in [6, 6.07) is 14.8. The van der Waals surface area contributed by atoms with Crippen LogP contribution in [-0.2, 0) is 19.4 Å². The molecule has 5 fully saturated rings. The van der Waals surface area contributed by atoms with Crippen molar-refractivity contribution < 1.29 is 22.7 Å². The van der Waals surface area contributed by atoms with Crippen molar-refractivity contribution in [3.63, 3.8) is 0 Å². The van der Waals surface area contributed by atoms with E-state index in [2.05, 4.69) is 25.4 Å². The Morgan fingerprint density at radius 2 is 1.66 bits per heavy atom. The number of anilines is 3. The number of nitrogens with zero attached hydrogens (tertiary/aromatic N) is 5. The Balaban J connectivity index is 0.745. The number of aromatic nitrogens is 3. The van der Waals surface area contributed by atoms with Crippen molar-refractivity contribution in [3.05, 3.63) is 75.7 Å². The van der Waals surface area contributed by atoms with Gasteiger partial charge < -0.3 is 19.9 Å². The minimum absolute atomic E-state index is 0.0571. The number of imide groups is 1. The summed E-state index contributed by atoms with van der Waals surface area (Å²) in [5.74, 6) is 0.976. The van der Waals surface area contributed by atoms with Gasteiger partial charge in [-0.1, -0.05) is 24.4 Å². The van der Waals surface area contributed by atoms with Crippen LogP contribution < -0.4 is 25.8 Å². The van der Waals surface area contributed by atoms with Gasteiger partial charge in [0.05, 0.1) is 10.1 Å². The molecule has 5 aliphatic rings. The molecule has 2 saturated carbocycles. The highest BCUT2D eigenvalue weighted by Crippen LogP contribution is 2.53. The number of sulfone groups is 1. The lowest BCUT2D eigenvalue weighted by atomic mass is 9.63. The van der Waals surface area contributed by atoms with Crippen LogP contribution in [0.4, 0.5) is 17.3 Å². The molecule has 2 amide bonds. The van der Waals surface area contributed by atoms with Gasteiger partial charge in [0.15, 0.2) is 15.9 Å². The second-order valence-electron chi connectivity index (χ2n) is 17.5. The third-order valence-electron chi connectivity index (χ3n) is 13.7. The van der Waals surface area contributed by atoms with E-state index in [1.54, 1.807) is 35.0 Å². The summed E-state index contributed by atoms with van der Waals surface area (Å²) in [7, 11) is -3.48. The zero-order valence-electron chi connectivity index (χ0n) is 33.5. The number of piperidine rings is 3. The number of aryl methyl sites for hydroxylation is 1. The van der Waals surface area contributed by atoms with Crippen LogP contribution in [0.1, 0.15) is 88.7 Å². The van der Waals surface area contributed by atoms with Crippen LogP contribution in [0.5, 0.6) is 5.75 Å². The summed E-state index contributed by atoms with van der Waals surface area (Å²) < 4.78 is 35.3. The molecular weight excluding hydrogens is 790 g/mol. The van der Waals surface area contributed by atoms with Crippen molar-refractivity contribution in [1.82, 2.24) is 24.8 Å². The predicted octanol–water partition coefficient (Wildman–Crippen LogP) is 6.73. The average Bonchev–Trinajstić information content (AvgIpc) is 3.75. The number of amides is 2. The lowest BCUT2D eigenvalue weighted by Crippen LogP contribution is -2.52. The van der Waals surface area contributed by atoms with E-state index < -0.39 is 15.9 Å². The van der Waals surface area contributed by atoms with Gasteiger partial charge in [-0.15, -0.1) is 0 Å². The second kappa shape index (κ2) is 16.2. The molecule has 2 N–H and O–H groups in total. The number of fused-ring (bicyclic) bond motifs is 1. The molecule has 15 heteroatoms. The number of halogens is 1. The van der Waals surface area contributed by atoms with Crippen LogP contribution in [0.2, 0.25) is 5.02 Å². The topological polar surface area (TPSA) is 156 Å². The normalized spacial score (nSPS) is 22.1. The van der Waals surface area contributed by atoms with Crippen molar-refractivity contribution in [1.29, 1.82) is 0 Å². The number of nitrogens with one attached hydrogen (secondary N) is 2. The number of carbonyl (C=O) groups excluding carboxylic acids is 2. The van der Waals surface area contributed by atoms with E-state index in [4.69, 9.17) is 21.3 Å². The largest absolute Gasteiger partial charge is 0.481 e. The fourth-order valence-electron chi connectivity index (χ4n) is 10.1. The SMILES string of the molecule is Cc1cc(S(=O)(=O)C2CC3(CCN(CC4CCN(c5ccc(OC6CCC(=O)NC6=O)cc5)CC4)CC3)C2)ccc1Nc1ncc2cc(Cl)c(=O)n(C3CCCC3)c2n1. The lowest BCUT2D eigenvalue weighted by molar-refractivity contribution is -0.138. The summed E-state index contributed by atoms with van der Waals surface area (Å²) in [5.41, 5.74) is 3.06. The molecular formula is C44H52ClN7O6S. The Morgan fingerprint density at radius 3 is 2.36 bits per heavy atom. The third-order valence-corrected chi connectivity index (χ3v) is 16.1. The highest BCUT2D eigenvalue weighted by atomic mass is 35.5. The number of carbonyl (C=O) groups is 2. The molecule has 3 aliphatic heterocycles.